The fourth-order valence-corrected chi connectivity index (χ4v) is 12.7. The summed E-state index contributed by atoms with van der Waals surface area (Å²) >= 11 is 6.56. The molecule has 2 atom stereocenters. The molecular formula is C56H36N6S4. The molecule has 2 unspecified atom stereocenters. The lowest BCUT2D eigenvalue weighted by Gasteiger charge is -2.30. The van der Waals surface area contributed by atoms with Crippen LogP contribution in [0.2, 0.25) is 0 Å². The molecule has 0 saturated heterocycles. The van der Waals surface area contributed by atoms with Crippen LogP contribution in [-0.4, -0.2) is 29.9 Å². The molecule has 6 nitrogen and oxygen atoms in total. The van der Waals surface area contributed by atoms with Crippen molar-refractivity contribution in [3.8, 4) is 87.8 Å². The highest BCUT2D eigenvalue weighted by Crippen LogP contribution is 2.60. The van der Waals surface area contributed by atoms with Gasteiger partial charge < -0.3 is 0 Å². The highest BCUT2D eigenvalue weighted by Gasteiger charge is 2.47. The second kappa shape index (κ2) is 15.3. The fraction of sp³-hybridized carbons (Fsp3) is 0.0714. The van der Waals surface area contributed by atoms with Gasteiger partial charge in [-0.1, -0.05) is 109 Å². The Morgan fingerprint density at radius 3 is 0.939 bits per heavy atom. The molecule has 66 heavy (non-hydrogen) atoms. The largest absolute Gasteiger partial charge is 0.207 e. The van der Waals surface area contributed by atoms with Crippen LogP contribution in [0.3, 0.4) is 0 Å². The van der Waals surface area contributed by atoms with E-state index in [0.717, 1.165) is 30.6 Å². The smallest absolute Gasteiger partial charge is 0.174 e. The number of hydrogen-bond acceptors (Lipinski definition) is 10. The monoisotopic (exact) mass is 920 g/mol. The maximum absolute atomic E-state index is 5.13. The number of hydrogen-bond donors (Lipinski definition) is 0. The molecule has 0 spiro atoms. The van der Waals surface area contributed by atoms with Crippen LogP contribution in [0.1, 0.15) is 47.2 Å². The van der Waals surface area contributed by atoms with Gasteiger partial charge >= 0.3 is 0 Å². The van der Waals surface area contributed by atoms with Crippen molar-refractivity contribution >= 4 is 45.3 Å². The third-order valence-corrected chi connectivity index (χ3v) is 16.9. The van der Waals surface area contributed by atoms with Gasteiger partial charge in [0.1, 0.15) is 0 Å². The van der Waals surface area contributed by atoms with Crippen molar-refractivity contribution in [1.29, 1.82) is 0 Å². The number of fused-ring (bicyclic) bond motifs is 6. The molecule has 2 aliphatic rings. The Labute approximate surface area is 397 Å². The van der Waals surface area contributed by atoms with Gasteiger partial charge in [0.25, 0.3) is 0 Å². The maximum Gasteiger partial charge on any atom is 0.174 e. The van der Waals surface area contributed by atoms with Gasteiger partial charge in [0, 0.05) is 22.0 Å². The summed E-state index contributed by atoms with van der Waals surface area (Å²) < 4.78 is 0. The molecule has 0 saturated carbocycles. The first-order valence-corrected chi connectivity index (χ1v) is 25.2. The first kappa shape index (κ1) is 39.3. The molecule has 0 amide bonds. The second-order valence-electron chi connectivity index (χ2n) is 17.0. The summed E-state index contributed by atoms with van der Waals surface area (Å²) in [5.41, 5.74) is 13.4. The Morgan fingerprint density at radius 1 is 0.303 bits per heavy atom. The minimum Gasteiger partial charge on any atom is -0.207 e. The summed E-state index contributed by atoms with van der Waals surface area (Å²) in [7, 11) is 0. The number of thiophene rings is 4. The lowest BCUT2D eigenvalue weighted by Crippen LogP contribution is -2.24. The summed E-state index contributed by atoms with van der Waals surface area (Å²) in [6.45, 7) is 4.77. The minimum absolute atomic E-state index is 0.482. The third kappa shape index (κ3) is 6.09. The highest BCUT2D eigenvalue weighted by molar-refractivity contribution is 7.14. The quantitative estimate of drug-likeness (QED) is 0.151. The van der Waals surface area contributed by atoms with E-state index in [-0.39, 0.29) is 0 Å². The van der Waals surface area contributed by atoms with Crippen molar-refractivity contribution in [3.05, 3.63) is 213 Å². The normalized spacial score (nSPS) is 16.8. The van der Waals surface area contributed by atoms with E-state index in [2.05, 4.69) is 169 Å². The van der Waals surface area contributed by atoms with Crippen molar-refractivity contribution in [2.45, 2.75) is 24.7 Å². The van der Waals surface area contributed by atoms with E-state index >= 15 is 0 Å². The average molecular weight is 921 g/mol. The van der Waals surface area contributed by atoms with Gasteiger partial charge in [0.2, 0.25) is 0 Å². The fourth-order valence-electron chi connectivity index (χ4n) is 10.1. The van der Waals surface area contributed by atoms with Crippen LogP contribution in [0.4, 0.5) is 0 Å². The molecule has 0 N–H and O–H groups in total. The highest BCUT2D eigenvalue weighted by atomic mass is 32.1. The van der Waals surface area contributed by atoms with E-state index in [1.54, 1.807) is 45.3 Å². The Morgan fingerprint density at radius 2 is 0.621 bits per heavy atom. The van der Waals surface area contributed by atoms with Crippen molar-refractivity contribution in [3.63, 3.8) is 0 Å². The average Bonchev–Trinajstić information content (AvgIpc) is 4.25. The summed E-state index contributed by atoms with van der Waals surface area (Å²) in [5, 5.41) is 8.27. The van der Waals surface area contributed by atoms with Gasteiger partial charge in [0.15, 0.2) is 34.9 Å². The zero-order valence-corrected chi connectivity index (χ0v) is 38.9. The van der Waals surface area contributed by atoms with E-state index in [1.165, 1.54) is 55.6 Å². The van der Waals surface area contributed by atoms with E-state index in [1.807, 2.05) is 24.3 Å². The van der Waals surface area contributed by atoms with Crippen molar-refractivity contribution in [2.24, 2.45) is 0 Å². The van der Waals surface area contributed by atoms with Gasteiger partial charge in [-0.2, -0.15) is 0 Å². The molecule has 11 aromatic rings. The molecule has 13 rings (SSSR count). The van der Waals surface area contributed by atoms with E-state index in [4.69, 9.17) is 29.9 Å². The van der Waals surface area contributed by atoms with Crippen LogP contribution in [0, 0.1) is 0 Å². The zero-order chi connectivity index (χ0) is 44.0. The summed E-state index contributed by atoms with van der Waals surface area (Å²) in [6.07, 6.45) is 0. The predicted octanol–water partition coefficient (Wildman–Crippen LogP) is 15.0. The molecule has 0 bridgehead atoms. The van der Waals surface area contributed by atoms with Crippen LogP contribution in [-0.2, 0) is 10.8 Å². The van der Waals surface area contributed by atoms with Crippen LogP contribution in [0.25, 0.3) is 87.8 Å². The molecule has 2 aliphatic carbocycles. The zero-order valence-electron chi connectivity index (χ0n) is 35.6. The summed E-state index contributed by atoms with van der Waals surface area (Å²) in [4.78, 5) is 34.5. The Balaban J connectivity index is 1.00. The second-order valence-corrected chi connectivity index (χ2v) is 20.8. The first-order valence-electron chi connectivity index (χ1n) is 21.7. The number of benzene rings is 5. The van der Waals surface area contributed by atoms with E-state index in [0.29, 0.717) is 34.9 Å². The van der Waals surface area contributed by atoms with Crippen molar-refractivity contribution in [2.75, 3.05) is 0 Å². The van der Waals surface area contributed by atoms with E-state index < -0.39 is 10.8 Å². The maximum atomic E-state index is 5.13. The number of nitrogens with zero attached hydrogens (tertiary/aromatic N) is 6. The van der Waals surface area contributed by atoms with Crippen LogP contribution in [0.15, 0.2) is 179 Å². The molecule has 314 valence electrons. The van der Waals surface area contributed by atoms with Gasteiger partial charge in [-0.05, 0) is 140 Å². The van der Waals surface area contributed by atoms with Gasteiger partial charge in [-0.3, -0.25) is 0 Å². The topological polar surface area (TPSA) is 77.3 Å². The SMILES string of the molecule is CC1(c2ccccc2)c2cc(-c3nc(-c4cccs4)nc(-c4cccs4)n3)ccc2-c2cc3c(cc21)-c1ccc(-c2nc(-c4cccs4)nc(-c4cccs4)n2)cc1C3(C)c1ccccc1. The van der Waals surface area contributed by atoms with Crippen molar-refractivity contribution < 1.29 is 0 Å². The van der Waals surface area contributed by atoms with E-state index in [9.17, 15) is 0 Å². The van der Waals surface area contributed by atoms with Crippen LogP contribution in [0.5, 0.6) is 0 Å². The number of aromatic nitrogens is 6. The molecule has 0 aliphatic heterocycles. The molecule has 6 aromatic heterocycles. The Hall–Kier alpha value is -7.08. The molecule has 5 aromatic carbocycles. The first-order chi connectivity index (χ1) is 32.4. The van der Waals surface area contributed by atoms with Crippen LogP contribution >= 0.6 is 45.3 Å². The van der Waals surface area contributed by atoms with Gasteiger partial charge in [-0.15, -0.1) is 45.3 Å². The predicted molar refractivity (Wildman–Crippen MR) is 272 cm³/mol. The molecular weight excluding hydrogens is 885 g/mol. The van der Waals surface area contributed by atoms with Gasteiger partial charge in [0.05, 0.1) is 19.5 Å². The third-order valence-electron chi connectivity index (χ3n) is 13.4. The summed E-state index contributed by atoms with van der Waals surface area (Å²) in [5.74, 6) is 4.08. The van der Waals surface area contributed by atoms with Crippen molar-refractivity contribution in [1.82, 2.24) is 29.9 Å². The van der Waals surface area contributed by atoms with Gasteiger partial charge in [-0.25, -0.2) is 29.9 Å². The Kier molecular flexibility index (Phi) is 9.08. The molecule has 6 heterocycles. The number of rotatable bonds is 8. The Bertz CT molecular complexity index is 3260. The van der Waals surface area contributed by atoms with Crippen LogP contribution < -0.4 is 0 Å². The standard InChI is InChI=1S/C56H36N6S4/c1-55(35-13-5-3-6-14-35)41-29-33(49-57-51(45-17-9-25-63-45)61-52(58-49)46-18-10-26-64-46)21-23-37(41)39-32-44-40(31-43(39)55)38-24-22-34(30-42(38)56(44,2)36-15-7-4-8-16-36)50-59-53(47-19-11-27-65-47)62-54(60-50)48-20-12-28-66-48/h3-32H,1-2H3. The molecule has 0 radical (unpaired) electrons. The lowest BCUT2D eigenvalue weighted by molar-refractivity contribution is 0.705. The minimum atomic E-state index is -0.482. The summed E-state index contributed by atoms with van der Waals surface area (Å²) in [6, 6.07) is 57.0. The lowest BCUT2D eigenvalue weighted by atomic mass is 9.72. The molecule has 0 fully saturated rings. The molecule has 10 heteroatoms.